The molecule has 2 heterocycles. The number of rotatable bonds is 3. The summed E-state index contributed by atoms with van der Waals surface area (Å²) in [6.45, 7) is 2.65. The third-order valence-corrected chi connectivity index (χ3v) is 3.72. The van der Waals surface area contributed by atoms with Gasteiger partial charge in [0.15, 0.2) is 0 Å². The predicted octanol–water partition coefficient (Wildman–Crippen LogP) is 2.23. The largest absolute Gasteiger partial charge is 0.381 e. The number of benzene rings is 1. The van der Waals surface area contributed by atoms with E-state index < -0.39 is 0 Å². The fourth-order valence-corrected chi connectivity index (χ4v) is 2.35. The lowest BCUT2D eigenvalue weighted by molar-refractivity contribution is 0.0693. The maximum atomic E-state index is 12.0. The molecule has 0 saturated heterocycles. The molecule has 1 aromatic carbocycles. The molecule has 1 aliphatic rings. The number of anilines is 1. The number of carbonyl (C=O) groups is 2. The SMILES string of the molecule is Cc1ccncc1CNc1ccc2c(c1)C(=O)N(C)C2=O. The maximum absolute atomic E-state index is 12.0. The van der Waals surface area contributed by atoms with Crippen molar-refractivity contribution < 1.29 is 9.59 Å². The van der Waals surface area contributed by atoms with Crippen LogP contribution >= 0.6 is 0 Å². The Bertz CT molecular complexity index is 740. The minimum absolute atomic E-state index is 0.246. The van der Waals surface area contributed by atoms with Crippen molar-refractivity contribution in [2.75, 3.05) is 12.4 Å². The van der Waals surface area contributed by atoms with Crippen molar-refractivity contribution in [2.45, 2.75) is 13.5 Å². The molecule has 1 N–H and O–H groups in total. The van der Waals surface area contributed by atoms with Crippen LogP contribution in [0.4, 0.5) is 5.69 Å². The van der Waals surface area contributed by atoms with Gasteiger partial charge in [-0.25, -0.2) is 0 Å². The first-order valence-electron chi connectivity index (χ1n) is 6.67. The molecule has 0 fully saturated rings. The number of aryl methyl sites for hydroxylation is 1. The van der Waals surface area contributed by atoms with E-state index in [4.69, 9.17) is 0 Å². The lowest BCUT2D eigenvalue weighted by Gasteiger charge is -2.09. The van der Waals surface area contributed by atoms with E-state index in [9.17, 15) is 9.59 Å². The van der Waals surface area contributed by atoms with Crippen LogP contribution in [0.2, 0.25) is 0 Å². The number of pyridine rings is 1. The number of carbonyl (C=O) groups excluding carboxylic acids is 2. The highest BCUT2D eigenvalue weighted by atomic mass is 16.2. The quantitative estimate of drug-likeness (QED) is 0.876. The Morgan fingerprint density at radius 3 is 2.67 bits per heavy atom. The average molecular weight is 281 g/mol. The zero-order valence-electron chi connectivity index (χ0n) is 11.9. The van der Waals surface area contributed by atoms with E-state index in [1.165, 1.54) is 7.05 Å². The van der Waals surface area contributed by atoms with Gasteiger partial charge < -0.3 is 5.32 Å². The number of fused-ring (bicyclic) bond motifs is 1. The Labute approximate surface area is 122 Å². The van der Waals surface area contributed by atoms with Crippen molar-refractivity contribution in [3.63, 3.8) is 0 Å². The first-order chi connectivity index (χ1) is 10.1. The van der Waals surface area contributed by atoms with Crippen LogP contribution in [0.3, 0.4) is 0 Å². The third kappa shape index (κ3) is 2.27. The van der Waals surface area contributed by atoms with Gasteiger partial charge >= 0.3 is 0 Å². The molecule has 0 unspecified atom stereocenters. The Morgan fingerprint density at radius 1 is 1.14 bits per heavy atom. The molecule has 0 aliphatic carbocycles. The molecule has 5 nitrogen and oxygen atoms in total. The van der Waals surface area contributed by atoms with E-state index in [2.05, 4.69) is 10.3 Å². The number of nitrogens with zero attached hydrogens (tertiary/aromatic N) is 2. The van der Waals surface area contributed by atoms with Crippen LogP contribution in [0.25, 0.3) is 0 Å². The summed E-state index contributed by atoms with van der Waals surface area (Å²) >= 11 is 0. The van der Waals surface area contributed by atoms with Gasteiger partial charge in [0.2, 0.25) is 0 Å². The zero-order valence-corrected chi connectivity index (χ0v) is 11.9. The summed E-state index contributed by atoms with van der Waals surface area (Å²) in [7, 11) is 1.50. The van der Waals surface area contributed by atoms with Crippen molar-refractivity contribution in [3.05, 3.63) is 58.9 Å². The predicted molar refractivity (Wildman–Crippen MR) is 79.2 cm³/mol. The van der Waals surface area contributed by atoms with Gasteiger partial charge in [-0.05, 0) is 42.3 Å². The summed E-state index contributed by atoms with van der Waals surface area (Å²) in [5, 5.41) is 3.26. The molecule has 3 rings (SSSR count). The molecular weight excluding hydrogens is 266 g/mol. The molecule has 5 heteroatoms. The molecule has 0 atom stereocenters. The van der Waals surface area contributed by atoms with E-state index in [1.807, 2.05) is 25.3 Å². The number of amides is 2. The number of nitrogens with one attached hydrogen (secondary N) is 1. The molecule has 0 radical (unpaired) electrons. The minimum atomic E-state index is -0.254. The van der Waals surface area contributed by atoms with Gasteiger partial charge in [-0.2, -0.15) is 0 Å². The van der Waals surface area contributed by atoms with Crippen LogP contribution < -0.4 is 5.32 Å². The van der Waals surface area contributed by atoms with Crippen molar-refractivity contribution in [1.82, 2.24) is 9.88 Å². The van der Waals surface area contributed by atoms with Gasteiger partial charge in [-0.15, -0.1) is 0 Å². The Kier molecular flexibility index (Phi) is 3.17. The van der Waals surface area contributed by atoms with Crippen LogP contribution in [-0.2, 0) is 6.54 Å². The summed E-state index contributed by atoms with van der Waals surface area (Å²) < 4.78 is 0. The highest BCUT2D eigenvalue weighted by molar-refractivity contribution is 6.21. The van der Waals surface area contributed by atoms with Gasteiger partial charge in [0.25, 0.3) is 11.8 Å². The van der Waals surface area contributed by atoms with E-state index in [-0.39, 0.29) is 11.8 Å². The number of hydrogen-bond donors (Lipinski definition) is 1. The van der Waals surface area contributed by atoms with E-state index in [1.54, 1.807) is 18.3 Å². The topological polar surface area (TPSA) is 62.3 Å². The van der Waals surface area contributed by atoms with Crippen LogP contribution in [-0.4, -0.2) is 28.7 Å². The van der Waals surface area contributed by atoms with Gasteiger partial charge in [0, 0.05) is 31.7 Å². The van der Waals surface area contributed by atoms with Crippen molar-refractivity contribution in [1.29, 1.82) is 0 Å². The first-order valence-corrected chi connectivity index (χ1v) is 6.67. The summed E-state index contributed by atoms with van der Waals surface area (Å²) in [6, 6.07) is 7.19. The van der Waals surface area contributed by atoms with E-state index >= 15 is 0 Å². The van der Waals surface area contributed by atoms with Gasteiger partial charge in [-0.1, -0.05) is 0 Å². The zero-order chi connectivity index (χ0) is 15.0. The van der Waals surface area contributed by atoms with E-state index in [0.29, 0.717) is 17.7 Å². The van der Waals surface area contributed by atoms with Crippen LogP contribution in [0, 0.1) is 6.92 Å². The van der Waals surface area contributed by atoms with Crippen molar-refractivity contribution in [2.24, 2.45) is 0 Å². The first kappa shape index (κ1) is 13.3. The average Bonchev–Trinajstić information content (AvgIpc) is 2.71. The molecule has 1 aromatic heterocycles. The third-order valence-electron chi connectivity index (χ3n) is 3.72. The molecule has 2 aromatic rings. The standard InChI is InChI=1S/C16H15N3O2/c1-10-5-6-17-8-11(10)9-18-12-3-4-13-14(7-12)16(21)19(2)15(13)20/h3-8,18H,9H2,1-2H3. The monoisotopic (exact) mass is 281 g/mol. The Morgan fingerprint density at radius 2 is 1.90 bits per heavy atom. The van der Waals surface area contributed by atoms with E-state index in [0.717, 1.165) is 21.7 Å². The lowest BCUT2D eigenvalue weighted by Crippen LogP contribution is -2.24. The molecular formula is C16H15N3O2. The normalized spacial score (nSPS) is 13.5. The number of hydrogen-bond acceptors (Lipinski definition) is 4. The second kappa shape index (κ2) is 5.01. The van der Waals surface area contributed by atoms with Crippen LogP contribution in [0.15, 0.2) is 36.7 Å². The molecule has 21 heavy (non-hydrogen) atoms. The fourth-order valence-electron chi connectivity index (χ4n) is 2.35. The maximum Gasteiger partial charge on any atom is 0.261 e. The van der Waals surface area contributed by atoms with Crippen LogP contribution in [0.5, 0.6) is 0 Å². The Balaban J connectivity index is 1.82. The fraction of sp³-hybridized carbons (Fsp3) is 0.188. The van der Waals surface area contributed by atoms with Gasteiger partial charge in [0.05, 0.1) is 11.1 Å². The summed E-state index contributed by atoms with van der Waals surface area (Å²) in [5.41, 5.74) is 3.98. The molecule has 0 bridgehead atoms. The molecule has 0 spiro atoms. The van der Waals surface area contributed by atoms with Crippen molar-refractivity contribution >= 4 is 17.5 Å². The van der Waals surface area contributed by atoms with Gasteiger partial charge in [-0.3, -0.25) is 19.5 Å². The highest BCUT2D eigenvalue weighted by Gasteiger charge is 2.32. The number of aromatic nitrogens is 1. The molecule has 1 aliphatic heterocycles. The smallest absolute Gasteiger partial charge is 0.261 e. The van der Waals surface area contributed by atoms with Gasteiger partial charge in [0.1, 0.15) is 0 Å². The highest BCUT2D eigenvalue weighted by Crippen LogP contribution is 2.25. The summed E-state index contributed by atoms with van der Waals surface area (Å²) in [5.74, 6) is -0.499. The van der Waals surface area contributed by atoms with Crippen LogP contribution in [0.1, 0.15) is 31.8 Å². The molecule has 0 saturated carbocycles. The lowest BCUT2D eigenvalue weighted by atomic mass is 10.1. The summed E-state index contributed by atoms with van der Waals surface area (Å²) in [6.07, 6.45) is 3.58. The molecule has 2 amide bonds. The van der Waals surface area contributed by atoms with Crippen molar-refractivity contribution in [3.8, 4) is 0 Å². The molecule has 106 valence electrons. The Hall–Kier alpha value is -2.69. The number of imide groups is 1. The minimum Gasteiger partial charge on any atom is -0.381 e. The second-order valence-electron chi connectivity index (χ2n) is 5.09. The second-order valence-corrected chi connectivity index (χ2v) is 5.09. The summed E-state index contributed by atoms with van der Waals surface area (Å²) in [4.78, 5) is 29.0.